The van der Waals surface area contributed by atoms with Crippen LogP contribution in [0.3, 0.4) is 0 Å². The molecule has 0 unspecified atom stereocenters. The molecule has 0 fully saturated rings. The first-order valence-electron chi connectivity index (χ1n) is 5.26. The van der Waals surface area contributed by atoms with E-state index in [0.29, 0.717) is 6.61 Å². The minimum atomic E-state index is -0.904. The number of aliphatic hydroxyl groups is 3. The molecule has 0 aromatic carbocycles. The SMILES string of the molecule is C=CCCCCOCC(CO)(CO)CO. The van der Waals surface area contributed by atoms with Gasteiger partial charge >= 0.3 is 0 Å². The van der Waals surface area contributed by atoms with E-state index in [1.54, 1.807) is 0 Å². The maximum absolute atomic E-state index is 9.00. The van der Waals surface area contributed by atoms with Gasteiger partial charge in [0.15, 0.2) is 0 Å². The van der Waals surface area contributed by atoms with E-state index in [-0.39, 0.29) is 26.4 Å². The fraction of sp³-hybridized carbons (Fsp3) is 0.818. The summed E-state index contributed by atoms with van der Waals surface area (Å²) in [4.78, 5) is 0. The maximum Gasteiger partial charge on any atom is 0.0629 e. The van der Waals surface area contributed by atoms with Crippen LogP contribution in [0.2, 0.25) is 0 Å². The zero-order valence-electron chi connectivity index (χ0n) is 9.19. The Kier molecular flexibility index (Phi) is 8.61. The molecule has 0 spiro atoms. The normalized spacial score (nSPS) is 11.7. The Morgan fingerprint density at radius 2 is 1.67 bits per heavy atom. The van der Waals surface area contributed by atoms with Crippen molar-refractivity contribution in [3.8, 4) is 0 Å². The molecule has 0 amide bonds. The Balaban J connectivity index is 3.58. The molecule has 0 aromatic heterocycles. The summed E-state index contributed by atoms with van der Waals surface area (Å²) in [6.07, 6.45) is 4.77. The smallest absolute Gasteiger partial charge is 0.0629 e. The third kappa shape index (κ3) is 5.89. The lowest BCUT2D eigenvalue weighted by Gasteiger charge is -2.26. The second-order valence-corrected chi connectivity index (χ2v) is 3.81. The number of aliphatic hydroxyl groups excluding tert-OH is 3. The summed E-state index contributed by atoms with van der Waals surface area (Å²) < 4.78 is 5.30. The van der Waals surface area contributed by atoms with Gasteiger partial charge in [-0.05, 0) is 19.3 Å². The van der Waals surface area contributed by atoms with E-state index in [1.165, 1.54) is 0 Å². The van der Waals surface area contributed by atoms with Gasteiger partial charge in [0.25, 0.3) is 0 Å². The van der Waals surface area contributed by atoms with Crippen LogP contribution in [0, 0.1) is 5.41 Å². The summed E-state index contributed by atoms with van der Waals surface area (Å²) in [6.45, 7) is 3.57. The van der Waals surface area contributed by atoms with E-state index < -0.39 is 5.41 Å². The summed E-state index contributed by atoms with van der Waals surface area (Å²) in [5.41, 5.74) is -0.904. The van der Waals surface area contributed by atoms with Crippen LogP contribution in [0.4, 0.5) is 0 Å². The summed E-state index contributed by atoms with van der Waals surface area (Å²) in [5.74, 6) is 0. The number of rotatable bonds is 10. The Morgan fingerprint density at radius 3 is 2.13 bits per heavy atom. The highest BCUT2D eigenvalue weighted by atomic mass is 16.5. The molecular weight excluding hydrogens is 196 g/mol. The highest BCUT2D eigenvalue weighted by Crippen LogP contribution is 2.15. The van der Waals surface area contributed by atoms with Crippen LogP contribution >= 0.6 is 0 Å². The van der Waals surface area contributed by atoms with E-state index in [1.807, 2.05) is 6.08 Å². The van der Waals surface area contributed by atoms with Gasteiger partial charge in [-0.15, -0.1) is 6.58 Å². The molecule has 0 aliphatic heterocycles. The highest BCUT2D eigenvalue weighted by Gasteiger charge is 2.28. The third-order valence-electron chi connectivity index (χ3n) is 2.36. The molecule has 0 aromatic rings. The molecule has 0 aliphatic rings. The highest BCUT2D eigenvalue weighted by molar-refractivity contribution is 4.76. The second kappa shape index (κ2) is 8.85. The molecule has 4 nitrogen and oxygen atoms in total. The van der Waals surface area contributed by atoms with Crippen LogP contribution in [0.25, 0.3) is 0 Å². The number of hydrogen-bond donors (Lipinski definition) is 3. The largest absolute Gasteiger partial charge is 0.396 e. The van der Waals surface area contributed by atoms with E-state index in [0.717, 1.165) is 19.3 Å². The summed E-state index contributed by atoms with van der Waals surface area (Å²) >= 11 is 0. The molecule has 0 rings (SSSR count). The molecular formula is C11H22O4. The lowest BCUT2D eigenvalue weighted by Crippen LogP contribution is -2.38. The molecule has 15 heavy (non-hydrogen) atoms. The van der Waals surface area contributed by atoms with Crippen molar-refractivity contribution in [1.82, 2.24) is 0 Å². The van der Waals surface area contributed by atoms with Crippen LogP contribution in [-0.2, 0) is 4.74 Å². The standard InChI is InChI=1S/C11H22O4/c1-2-3-4-5-6-15-10-11(7-12,8-13)9-14/h2,12-14H,1,3-10H2. The van der Waals surface area contributed by atoms with Crippen molar-refractivity contribution in [3.63, 3.8) is 0 Å². The average molecular weight is 218 g/mol. The van der Waals surface area contributed by atoms with E-state index in [4.69, 9.17) is 20.1 Å². The monoisotopic (exact) mass is 218 g/mol. The molecule has 3 N–H and O–H groups in total. The molecule has 0 bridgehead atoms. The fourth-order valence-corrected chi connectivity index (χ4v) is 1.07. The predicted octanol–water partition coefficient (Wildman–Crippen LogP) is 0.323. The van der Waals surface area contributed by atoms with Crippen molar-refractivity contribution >= 4 is 0 Å². The van der Waals surface area contributed by atoms with E-state index in [2.05, 4.69) is 6.58 Å². The van der Waals surface area contributed by atoms with Crippen LogP contribution in [0.1, 0.15) is 19.3 Å². The van der Waals surface area contributed by atoms with Crippen LogP contribution in [-0.4, -0.2) is 48.4 Å². The Morgan fingerprint density at radius 1 is 1.07 bits per heavy atom. The Hall–Kier alpha value is -0.420. The Bertz CT molecular complexity index is 146. The maximum atomic E-state index is 9.00. The molecule has 0 aliphatic carbocycles. The summed E-state index contributed by atoms with van der Waals surface area (Å²) in [5, 5.41) is 27.0. The second-order valence-electron chi connectivity index (χ2n) is 3.81. The van der Waals surface area contributed by atoms with Gasteiger partial charge in [0.1, 0.15) is 0 Å². The van der Waals surface area contributed by atoms with Crippen molar-refractivity contribution in [2.24, 2.45) is 5.41 Å². The van der Waals surface area contributed by atoms with Crippen molar-refractivity contribution in [3.05, 3.63) is 12.7 Å². The first-order valence-corrected chi connectivity index (χ1v) is 5.26. The van der Waals surface area contributed by atoms with Crippen molar-refractivity contribution in [2.45, 2.75) is 19.3 Å². The number of hydrogen-bond acceptors (Lipinski definition) is 4. The minimum Gasteiger partial charge on any atom is -0.396 e. The number of unbranched alkanes of at least 4 members (excludes halogenated alkanes) is 2. The minimum absolute atomic E-state index is 0.185. The van der Waals surface area contributed by atoms with Crippen LogP contribution in [0.15, 0.2) is 12.7 Å². The predicted molar refractivity (Wildman–Crippen MR) is 58.6 cm³/mol. The van der Waals surface area contributed by atoms with Crippen molar-refractivity contribution in [1.29, 1.82) is 0 Å². The molecule has 90 valence electrons. The van der Waals surface area contributed by atoms with E-state index >= 15 is 0 Å². The molecule has 0 saturated carbocycles. The zero-order chi connectivity index (χ0) is 11.6. The van der Waals surface area contributed by atoms with Gasteiger partial charge in [-0.25, -0.2) is 0 Å². The molecule has 0 atom stereocenters. The fourth-order valence-electron chi connectivity index (χ4n) is 1.07. The number of ether oxygens (including phenoxy) is 1. The molecule has 0 heterocycles. The zero-order valence-corrected chi connectivity index (χ0v) is 9.19. The summed E-state index contributed by atoms with van der Waals surface area (Å²) in [7, 11) is 0. The van der Waals surface area contributed by atoms with Crippen molar-refractivity contribution in [2.75, 3.05) is 33.0 Å². The molecule has 0 radical (unpaired) electrons. The van der Waals surface area contributed by atoms with Crippen LogP contribution in [0.5, 0.6) is 0 Å². The lowest BCUT2D eigenvalue weighted by atomic mass is 9.93. The molecule has 0 saturated heterocycles. The van der Waals surface area contributed by atoms with Crippen LogP contribution < -0.4 is 0 Å². The third-order valence-corrected chi connectivity index (χ3v) is 2.36. The van der Waals surface area contributed by atoms with Gasteiger partial charge in [-0.2, -0.15) is 0 Å². The Labute approximate surface area is 91.2 Å². The van der Waals surface area contributed by atoms with Crippen molar-refractivity contribution < 1.29 is 20.1 Å². The van der Waals surface area contributed by atoms with Gasteiger partial charge in [-0.3, -0.25) is 0 Å². The average Bonchev–Trinajstić information content (AvgIpc) is 2.29. The van der Waals surface area contributed by atoms with Gasteiger partial charge < -0.3 is 20.1 Å². The first-order chi connectivity index (χ1) is 7.24. The van der Waals surface area contributed by atoms with Gasteiger partial charge in [0.2, 0.25) is 0 Å². The van der Waals surface area contributed by atoms with E-state index in [9.17, 15) is 0 Å². The summed E-state index contributed by atoms with van der Waals surface area (Å²) in [6, 6.07) is 0. The first kappa shape index (κ1) is 14.6. The van der Waals surface area contributed by atoms with Gasteiger partial charge in [0, 0.05) is 6.61 Å². The quantitative estimate of drug-likeness (QED) is 0.365. The molecule has 4 heteroatoms. The van der Waals surface area contributed by atoms with Gasteiger partial charge in [-0.1, -0.05) is 6.08 Å². The topological polar surface area (TPSA) is 69.9 Å². The lowest BCUT2D eigenvalue weighted by molar-refractivity contribution is -0.0581. The van der Waals surface area contributed by atoms with Gasteiger partial charge in [0.05, 0.1) is 31.8 Å². The number of allylic oxidation sites excluding steroid dienone is 1.